The molecule has 6 aliphatic heterocycles. The van der Waals surface area contributed by atoms with Crippen molar-refractivity contribution in [3.63, 3.8) is 0 Å². The van der Waals surface area contributed by atoms with Crippen LogP contribution in [0.2, 0.25) is 0 Å². The van der Waals surface area contributed by atoms with Crippen molar-refractivity contribution in [3.8, 4) is 0 Å². The molecule has 788 valence electrons. The maximum absolute atomic E-state index is 14.0. The van der Waals surface area contributed by atoms with Crippen LogP contribution in [0.1, 0.15) is 235 Å². The van der Waals surface area contributed by atoms with Gasteiger partial charge in [0.15, 0.2) is 37.7 Å². The minimum atomic E-state index is -1.62. The molecule has 18 rings (SSSR count). The first kappa shape index (κ1) is 112. The van der Waals surface area contributed by atoms with Gasteiger partial charge < -0.3 is 175 Å². The molecule has 12 bridgehead atoms. The van der Waals surface area contributed by atoms with Crippen molar-refractivity contribution in [3.05, 3.63) is 0 Å². The Kier molecular flexibility index (Phi) is 41.5. The van der Waals surface area contributed by atoms with Crippen LogP contribution in [-0.4, -0.2) is 377 Å². The van der Waals surface area contributed by atoms with E-state index in [2.05, 4.69) is 36.7 Å². The van der Waals surface area contributed by atoms with Crippen LogP contribution in [0.5, 0.6) is 0 Å². The number of carbonyl (C=O) groups is 3. The highest BCUT2D eigenvalue weighted by Crippen LogP contribution is 2.68. The summed E-state index contributed by atoms with van der Waals surface area (Å²) in [5.74, 6) is 6.18. The van der Waals surface area contributed by atoms with Gasteiger partial charge in [-0.3, -0.25) is 14.4 Å². The molecule has 12 saturated carbocycles. The van der Waals surface area contributed by atoms with E-state index in [9.17, 15) is 117 Å². The Hall–Kier alpha value is -2.87. The molecule has 23 N–H and O–H groups in total. The highest BCUT2D eigenvalue weighted by atomic mass is 16.8. The molecule has 38 nitrogen and oxygen atoms in total. The summed E-state index contributed by atoms with van der Waals surface area (Å²) in [6.07, 6.45) is -3.93. The van der Waals surface area contributed by atoms with E-state index in [4.69, 9.17) is 56.8 Å². The van der Waals surface area contributed by atoms with Gasteiger partial charge in [0.1, 0.15) is 91.6 Å². The number of amides is 3. The first-order chi connectivity index (χ1) is 64.6. The Morgan fingerprint density at radius 1 is 0.309 bits per heavy atom. The second-order valence-corrected chi connectivity index (χ2v) is 43.6. The average Bonchev–Trinajstić information content (AvgIpc) is 0.731. The standard InChI is InChI=1S/C34H59NO12.C32H55NO12.C31H53NO11.CH4/c1-3-4-5-6-7-34(21-9-19-8-20(11-21)12-22(34)10-19)13-26(38)35-23(16-44-32-30(42)27(39)18(2)24(14-36)46-32)17-45-33-31(43)29(41)28(40)25(15-37)47-33;1-3-4-5-32(19-7-17-6-18(9-19)10-20(32)8-17)11-24(36)33-21(14-42-30-28(40)25(37)16(2)22(12-34)44-30)15-43-31-29(41)27(39)26(38)23(13-35)45-31;1-3-4-5-31(19-9-17-8-18(11-19)12-20(31)10-17)13-23(35)32-6-7-40-29-27(39)25(37)28(22(15-34)42-29)43-30-26(38)24(36)16(2)21(14-33)41-30;/h18-25,27-33,36-37,39-43H,3-17H2,1-2H3,(H,35,38);16-23,25-31,34-35,37-41H,3-15H2,1-2H3,(H,33,36);16-22,24-30,33-34,36-39H,3-15H2,1-2H3,(H,32,35);1H4/t18-,19?,20?,21?,22?,23?,24?,25?,27?,28-,29?,30+,31+,32-,33-,34?;16-,17?,18?,19?,20?,21?,22?,23?,25?,26-,27?,28+,29+,30-,31-,32?;16-,17?,18?,19?,20?,21?,22?,24?,25?,26+,27+,28-,29-,30-,31?;/m000./s1. The number of aliphatic hydroxyl groups excluding tert-OH is 20. The van der Waals surface area contributed by atoms with Gasteiger partial charge in [0.05, 0.1) is 121 Å². The van der Waals surface area contributed by atoms with Crippen molar-refractivity contribution >= 4 is 17.7 Å². The van der Waals surface area contributed by atoms with Crippen LogP contribution in [0.4, 0.5) is 0 Å². The van der Waals surface area contributed by atoms with E-state index in [1.165, 1.54) is 103 Å². The van der Waals surface area contributed by atoms with Gasteiger partial charge >= 0.3 is 0 Å². The topological polar surface area (TPSA) is 603 Å². The van der Waals surface area contributed by atoms with Gasteiger partial charge in [-0.2, -0.15) is 0 Å². The summed E-state index contributed by atoms with van der Waals surface area (Å²) in [7, 11) is 0. The number of hydrogen-bond acceptors (Lipinski definition) is 35. The number of aliphatic hydroxyl groups is 20. The normalized spacial score (nSPS) is 46.1. The third kappa shape index (κ3) is 25.3. The van der Waals surface area contributed by atoms with E-state index in [1.54, 1.807) is 20.8 Å². The van der Waals surface area contributed by atoms with Gasteiger partial charge in [0, 0.05) is 43.6 Å². The first-order valence-corrected chi connectivity index (χ1v) is 51.3. The maximum atomic E-state index is 14.0. The Bertz CT molecular complexity index is 3430. The summed E-state index contributed by atoms with van der Waals surface area (Å²) < 4.78 is 68.4. The van der Waals surface area contributed by atoms with Crippen LogP contribution < -0.4 is 16.0 Å². The highest BCUT2D eigenvalue weighted by molar-refractivity contribution is 5.78. The van der Waals surface area contributed by atoms with Crippen LogP contribution in [0.25, 0.3) is 0 Å². The number of ether oxygens (including phenoxy) is 12. The van der Waals surface area contributed by atoms with E-state index < -0.39 is 222 Å². The van der Waals surface area contributed by atoms with Crippen molar-refractivity contribution in [1.29, 1.82) is 0 Å². The molecule has 0 aromatic rings. The predicted octanol–water partition coefficient (Wildman–Crippen LogP) is 0.262. The summed E-state index contributed by atoms with van der Waals surface area (Å²) >= 11 is 0. The number of carbonyl (C=O) groups excluding carboxylic acids is 3. The molecule has 14 unspecified atom stereocenters. The van der Waals surface area contributed by atoms with E-state index in [0.717, 1.165) is 99.7 Å². The Morgan fingerprint density at radius 2 is 0.581 bits per heavy atom. The molecular formula is C98H171N3O35. The van der Waals surface area contributed by atoms with Crippen LogP contribution in [0.3, 0.4) is 0 Å². The van der Waals surface area contributed by atoms with Crippen molar-refractivity contribution in [1.82, 2.24) is 16.0 Å². The molecule has 0 spiro atoms. The molecule has 0 aromatic carbocycles. The second kappa shape index (κ2) is 50.5. The molecule has 6 saturated heterocycles. The third-order valence-electron chi connectivity index (χ3n) is 35.1. The minimum Gasteiger partial charge on any atom is -0.394 e. The molecule has 32 atom stereocenters. The fourth-order valence-corrected chi connectivity index (χ4v) is 27.8. The summed E-state index contributed by atoms with van der Waals surface area (Å²) in [5.41, 5.74) is -0.0359. The van der Waals surface area contributed by atoms with Crippen LogP contribution >= 0.6 is 0 Å². The summed E-state index contributed by atoms with van der Waals surface area (Å²) in [4.78, 5) is 41.1. The summed E-state index contributed by atoms with van der Waals surface area (Å²) in [6, 6.07) is -1.63. The van der Waals surface area contributed by atoms with Crippen molar-refractivity contribution in [2.45, 2.75) is 413 Å². The number of unbranched alkanes of at least 4 members (excludes halogenated alkanes) is 5. The van der Waals surface area contributed by atoms with Crippen molar-refractivity contribution in [2.24, 2.45) is 105 Å². The highest BCUT2D eigenvalue weighted by Gasteiger charge is 2.62. The summed E-state index contributed by atoms with van der Waals surface area (Å²) in [5, 5.41) is 213. The fraction of sp³-hybridized carbons (Fsp3) is 0.969. The zero-order valence-corrected chi connectivity index (χ0v) is 80.0. The lowest BCUT2D eigenvalue weighted by Gasteiger charge is -2.61. The predicted molar refractivity (Wildman–Crippen MR) is 484 cm³/mol. The largest absolute Gasteiger partial charge is 0.394 e. The molecule has 136 heavy (non-hydrogen) atoms. The van der Waals surface area contributed by atoms with Gasteiger partial charge in [-0.25, -0.2) is 0 Å². The number of hydrogen-bond donors (Lipinski definition) is 23. The number of rotatable bonds is 43. The zero-order valence-electron chi connectivity index (χ0n) is 80.0. The SMILES string of the molecule is C.CCCCC1(CC(=O)NC(CO[C@H]2OC(CO)[C@H](C)C(O)[C@H]2O)CO[C@H]2OC(CO)[C@H](O)C(O)[C@H]2O)C2CC3CC(C2)CC1C3.CCCCC1(CC(=O)NCCO[C@H]2OC(CO)[C@H](O[C@@H]3OC(CO)[C@H](C)C(O)[C@H]3O)C(O)[C@H]2O)C2CC3CC(C2)CC1C3.CCCCCCC1(CC(=O)NC(CO[C@H]2OC(CO)[C@H](C)C(O)[C@H]2O)CO[C@H]2OC(CO)[C@H](O)C(O)[C@H]2O)C2CC3CC(C2)CC1C3. The molecule has 18 fully saturated rings. The second-order valence-electron chi connectivity index (χ2n) is 43.6. The molecule has 18 aliphatic rings. The van der Waals surface area contributed by atoms with E-state index in [1.807, 2.05) is 0 Å². The third-order valence-corrected chi connectivity index (χ3v) is 35.1. The lowest BCUT2D eigenvalue weighted by Crippen LogP contribution is -2.63. The summed E-state index contributed by atoms with van der Waals surface area (Å²) in [6.45, 7) is 7.85. The van der Waals surface area contributed by atoms with Gasteiger partial charge in [-0.15, -0.1) is 0 Å². The van der Waals surface area contributed by atoms with Crippen molar-refractivity contribution in [2.75, 3.05) is 79.2 Å². The van der Waals surface area contributed by atoms with E-state index in [0.29, 0.717) is 54.8 Å². The van der Waals surface area contributed by atoms with Gasteiger partial charge in [0.25, 0.3) is 0 Å². The number of nitrogens with one attached hydrogen (secondary N) is 3. The average molecular weight is 1950 g/mol. The van der Waals surface area contributed by atoms with Crippen LogP contribution in [-0.2, 0) is 71.2 Å². The molecule has 0 aromatic heterocycles. The molecule has 38 heteroatoms. The monoisotopic (exact) mass is 1950 g/mol. The molecule has 3 amide bonds. The Labute approximate surface area is 800 Å². The quantitative estimate of drug-likeness (QED) is 0.0364. The lowest BCUT2D eigenvalue weighted by atomic mass is 9.43. The van der Waals surface area contributed by atoms with E-state index in [-0.39, 0.29) is 94.2 Å². The van der Waals surface area contributed by atoms with Crippen LogP contribution in [0, 0.1) is 105 Å². The smallest absolute Gasteiger partial charge is 0.220 e. The Morgan fingerprint density at radius 3 is 0.904 bits per heavy atom. The molecule has 0 radical (unpaired) electrons. The lowest BCUT2D eigenvalue weighted by molar-refractivity contribution is -0.355. The molecular weight excluding hydrogens is 1780 g/mol. The van der Waals surface area contributed by atoms with Gasteiger partial charge in [0.2, 0.25) is 17.7 Å². The minimum absolute atomic E-state index is 0. The fourth-order valence-electron chi connectivity index (χ4n) is 27.8. The van der Waals surface area contributed by atoms with Gasteiger partial charge in [-0.05, 0) is 203 Å². The van der Waals surface area contributed by atoms with E-state index >= 15 is 0 Å². The van der Waals surface area contributed by atoms with Crippen molar-refractivity contribution < 1.29 is 173 Å². The van der Waals surface area contributed by atoms with Gasteiger partial charge in [-0.1, -0.05) is 100 Å². The molecule has 6 heterocycles. The zero-order chi connectivity index (χ0) is 97.2. The molecule has 12 aliphatic carbocycles. The Balaban J connectivity index is 0.000000183. The maximum Gasteiger partial charge on any atom is 0.220 e. The van der Waals surface area contributed by atoms with Crippen LogP contribution in [0.15, 0.2) is 0 Å². The first-order valence-electron chi connectivity index (χ1n) is 51.3.